The Labute approximate surface area is 74.1 Å². The summed E-state index contributed by atoms with van der Waals surface area (Å²) in [6.07, 6.45) is -0.722. The van der Waals surface area contributed by atoms with Crippen molar-refractivity contribution in [1.82, 2.24) is 0 Å². The number of alkyl halides is 1. The van der Waals surface area contributed by atoms with Crippen LogP contribution in [0.5, 0.6) is 11.5 Å². The molecule has 4 heteroatoms. The highest BCUT2D eigenvalue weighted by molar-refractivity contribution is 5.76. The number of fused-ring (bicyclic) bond motifs is 1. The number of hydrogen-bond donors (Lipinski definition) is 0. The first-order valence-electron chi connectivity index (χ1n) is 3.82. The van der Waals surface area contributed by atoms with Gasteiger partial charge in [-0.15, -0.1) is 0 Å². The quantitative estimate of drug-likeness (QED) is 0.618. The Bertz CT molecular complexity index is 338. The molecule has 68 valence electrons. The molecule has 0 fully saturated rings. The molecule has 0 aromatic heterocycles. The molecule has 0 radical (unpaired) electrons. The maximum absolute atomic E-state index is 12.6. The Hall–Kier alpha value is -1.58. The molecule has 1 aromatic rings. The molecule has 1 heterocycles. The van der Waals surface area contributed by atoms with Crippen molar-refractivity contribution in [3.05, 3.63) is 23.8 Å². The second-order valence-electron chi connectivity index (χ2n) is 2.66. The van der Waals surface area contributed by atoms with Crippen molar-refractivity contribution in [1.29, 1.82) is 0 Å². The minimum atomic E-state index is -1.42. The van der Waals surface area contributed by atoms with E-state index in [9.17, 15) is 9.18 Å². The molecule has 0 spiro atoms. The van der Waals surface area contributed by atoms with E-state index in [1.54, 1.807) is 6.07 Å². The Morgan fingerprint density at radius 3 is 3.08 bits per heavy atom. The maximum atomic E-state index is 12.6. The topological polar surface area (TPSA) is 35.5 Å². The fraction of sp³-hybridized carbons (Fsp3) is 0.222. The van der Waals surface area contributed by atoms with Gasteiger partial charge in [-0.2, -0.15) is 4.39 Å². The van der Waals surface area contributed by atoms with Gasteiger partial charge >= 0.3 is 0 Å². The predicted octanol–water partition coefficient (Wildman–Crippen LogP) is 1.57. The molecule has 1 aliphatic rings. The number of hydrogen-bond acceptors (Lipinski definition) is 3. The van der Waals surface area contributed by atoms with E-state index in [1.165, 1.54) is 12.1 Å². The summed E-state index contributed by atoms with van der Waals surface area (Å²) >= 11 is 0. The molecule has 0 N–H and O–H groups in total. The summed E-state index contributed by atoms with van der Waals surface area (Å²) in [7, 11) is 0. The highest BCUT2D eigenvalue weighted by Gasteiger charge is 2.19. The van der Waals surface area contributed by atoms with E-state index in [-0.39, 0.29) is 6.61 Å². The molecule has 1 aliphatic heterocycles. The van der Waals surface area contributed by atoms with Gasteiger partial charge < -0.3 is 9.47 Å². The summed E-state index contributed by atoms with van der Waals surface area (Å²) in [5.41, 5.74) is 0.486. The summed E-state index contributed by atoms with van der Waals surface area (Å²) in [5.74, 6) is 0.753. The largest absolute Gasteiger partial charge is 0.483 e. The molecule has 1 aromatic carbocycles. The Kier molecular flexibility index (Phi) is 1.88. The van der Waals surface area contributed by atoms with E-state index in [4.69, 9.17) is 9.47 Å². The zero-order valence-corrected chi connectivity index (χ0v) is 6.70. The lowest BCUT2D eigenvalue weighted by atomic mass is 10.2. The van der Waals surface area contributed by atoms with Gasteiger partial charge in [0, 0.05) is 5.56 Å². The van der Waals surface area contributed by atoms with E-state index in [1.807, 2.05) is 0 Å². The first-order chi connectivity index (χ1) is 6.29. The molecule has 0 aliphatic carbocycles. The number of carbonyl (C=O) groups is 1. The van der Waals surface area contributed by atoms with Crippen LogP contribution in [0, 0.1) is 0 Å². The molecule has 1 unspecified atom stereocenters. The molecule has 1 atom stereocenters. The van der Waals surface area contributed by atoms with E-state index >= 15 is 0 Å². The van der Waals surface area contributed by atoms with Crippen LogP contribution in [0.15, 0.2) is 18.2 Å². The predicted molar refractivity (Wildman–Crippen MR) is 42.8 cm³/mol. The number of rotatable bonds is 1. The first-order valence-corrected chi connectivity index (χ1v) is 3.82. The summed E-state index contributed by atoms with van der Waals surface area (Å²) in [4.78, 5) is 10.4. The zero-order chi connectivity index (χ0) is 9.26. The first kappa shape index (κ1) is 8.04. The number of ether oxygens (including phenoxy) is 2. The van der Waals surface area contributed by atoms with E-state index in [2.05, 4.69) is 0 Å². The minimum Gasteiger partial charge on any atom is -0.483 e. The summed E-state index contributed by atoms with van der Waals surface area (Å²) in [6.45, 7) is -0.130. The van der Waals surface area contributed by atoms with Gasteiger partial charge in [-0.1, -0.05) is 0 Å². The van der Waals surface area contributed by atoms with Crippen molar-refractivity contribution in [2.75, 3.05) is 6.61 Å². The van der Waals surface area contributed by atoms with Crippen LogP contribution >= 0.6 is 0 Å². The van der Waals surface area contributed by atoms with Crippen LogP contribution in [0.3, 0.4) is 0 Å². The molecule has 0 saturated heterocycles. The summed E-state index contributed by atoms with van der Waals surface area (Å²) in [5, 5.41) is 0. The Balaban J connectivity index is 2.36. The lowest BCUT2D eigenvalue weighted by Gasteiger charge is -2.21. The molecule has 0 amide bonds. The standard InChI is InChI=1S/C9H7FO3/c10-9-5-12-8-3-6(4-11)1-2-7(8)13-9/h1-4,9H,5H2. The van der Waals surface area contributed by atoms with Gasteiger partial charge in [-0.3, -0.25) is 4.79 Å². The van der Waals surface area contributed by atoms with Crippen molar-refractivity contribution in [2.24, 2.45) is 0 Å². The molecule has 0 bridgehead atoms. The van der Waals surface area contributed by atoms with Crippen molar-refractivity contribution in [2.45, 2.75) is 6.36 Å². The smallest absolute Gasteiger partial charge is 0.272 e. The maximum Gasteiger partial charge on any atom is 0.272 e. The van der Waals surface area contributed by atoms with Crippen LogP contribution in [0.25, 0.3) is 0 Å². The van der Waals surface area contributed by atoms with Crippen LogP contribution in [0.2, 0.25) is 0 Å². The normalized spacial score (nSPS) is 19.6. The Morgan fingerprint density at radius 2 is 2.31 bits per heavy atom. The lowest BCUT2D eigenvalue weighted by Crippen LogP contribution is -2.24. The second kappa shape index (κ2) is 3.05. The van der Waals surface area contributed by atoms with Gasteiger partial charge in [0.25, 0.3) is 6.36 Å². The van der Waals surface area contributed by atoms with Crippen LogP contribution in [-0.2, 0) is 0 Å². The molecule has 3 nitrogen and oxygen atoms in total. The van der Waals surface area contributed by atoms with Gasteiger partial charge in [0.15, 0.2) is 18.1 Å². The number of aldehydes is 1. The second-order valence-corrected chi connectivity index (χ2v) is 2.66. The van der Waals surface area contributed by atoms with Crippen molar-refractivity contribution < 1.29 is 18.7 Å². The van der Waals surface area contributed by atoms with E-state index in [0.29, 0.717) is 23.3 Å². The van der Waals surface area contributed by atoms with Gasteiger partial charge in [-0.05, 0) is 18.2 Å². The van der Waals surface area contributed by atoms with Crippen LogP contribution in [0.1, 0.15) is 10.4 Å². The molecule has 2 rings (SSSR count). The summed E-state index contributed by atoms with van der Waals surface area (Å²) < 4.78 is 22.5. The molecular formula is C9H7FO3. The van der Waals surface area contributed by atoms with Crippen LogP contribution in [-0.4, -0.2) is 19.3 Å². The van der Waals surface area contributed by atoms with Gasteiger partial charge in [0.2, 0.25) is 0 Å². The van der Waals surface area contributed by atoms with Crippen molar-refractivity contribution in [3.63, 3.8) is 0 Å². The van der Waals surface area contributed by atoms with Gasteiger partial charge in [0.05, 0.1) is 0 Å². The Morgan fingerprint density at radius 1 is 1.46 bits per heavy atom. The highest BCUT2D eigenvalue weighted by atomic mass is 19.1. The van der Waals surface area contributed by atoms with Crippen molar-refractivity contribution in [3.8, 4) is 11.5 Å². The summed E-state index contributed by atoms with van der Waals surface area (Å²) in [6, 6.07) is 4.59. The lowest BCUT2D eigenvalue weighted by molar-refractivity contribution is -0.00291. The number of carbonyl (C=O) groups excluding carboxylic acids is 1. The molecular weight excluding hydrogens is 175 g/mol. The fourth-order valence-corrected chi connectivity index (χ4v) is 1.14. The zero-order valence-electron chi connectivity index (χ0n) is 6.70. The van der Waals surface area contributed by atoms with E-state index < -0.39 is 6.36 Å². The van der Waals surface area contributed by atoms with Crippen LogP contribution < -0.4 is 9.47 Å². The third-order valence-electron chi connectivity index (χ3n) is 1.73. The number of benzene rings is 1. The average Bonchev–Trinajstić information content (AvgIpc) is 2.17. The van der Waals surface area contributed by atoms with Crippen molar-refractivity contribution >= 4 is 6.29 Å². The SMILES string of the molecule is O=Cc1ccc2c(c1)OCC(F)O2. The van der Waals surface area contributed by atoms with E-state index in [0.717, 1.165) is 0 Å². The number of halogens is 1. The minimum absolute atomic E-state index is 0.130. The third-order valence-corrected chi connectivity index (χ3v) is 1.73. The molecule has 13 heavy (non-hydrogen) atoms. The molecule has 0 saturated carbocycles. The average molecular weight is 182 g/mol. The fourth-order valence-electron chi connectivity index (χ4n) is 1.14. The van der Waals surface area contributed by atoms with Gasteiger partial charge in [0.1, 0.15) is 6.29 Å². The highest BCUT2D eigenvalue weighted by Crippen LogP contribution is 2.32. The van der Waals surface area contributed by atoms with Crippen LogP contribution in [0.4, 0.5) is 4.39 Å². The van der Waals surface area contributed by atoms with Gasteiger partial charge in [-0.25, -0.2) is 0 Å². The monoisotopic (exact) mass is 182 g/mol. The third kappa shape index (κ3) is 1.47.